The van der Waals surface area contributed by atoms with E-state index in [0.717, 1.165) is 34.5 Å². The molecular formula is C46H58N6O8S. The van der Waals surface area contributed by atoms with Crippen molar-refractivity contribution < 1.29 is 38.4 Å². The van der Waals surface area contributed by atoms with Gasteiger partial charge >= 0.3 is 0 Å². The molecule has 3 aromatic rings. The van der Waals surface area contributed by atoms with Crippen molar-refractivity contribution in [2.75, 3.05) is 83.1 Å². The topological polar surface area (TPSA) is 161 Å². The van der Waals surface area contributed by atoms with Crippen molar-refractivity contribution in [3.63, 3.8) is 0 Å². The number of carbonyl (C=O) groups is 2. The number of rotatable bonds is 19. The Morgan fingerprint density at radius 2 is 1.70 bits per heavy atom. The Balaban J connectivity index is 1.14. The van der Waals surface area contributed by atoms with Gasteiger partial charge in [-0.15, -0.1) is 0 Å². The molecule has 4 aliphatic rings. The van der Waals surface area contributed by atoms with Gasteiger partial charge in [0, 0.05) is 61.5 Å². The lowest BCUT2D eigenvalue weighted by molar-refractivity contribution is 0.0351. The first-order valence-corrected chi connectivity index (χ1v) is 21.7. The van der Waals surface area contributed by atoms with Crippen LogP contribution in [0, 0.1) is 0 Å². The van der Waals surface area contributed by atoms with Gasteiger partial charge in [-0.1, -0.05) is 35.7 Å². The number of ether oxygens (including phenoxy) is 5. The normalized spacial score (nSPS) is 18.9. The first-order valence-electron chi connectivity index (χ1n) is 20.8. The van der Waals surface area contributed by atoms with Gasteiger partial charge < -0.3 is 48.8 Å². The Morgan fingerprint density at radius 1 is 0.951 bits per heavy atom. The standard InChI is InChI=1S/C46H58N6O8S/c1-6-31-17-36-24-48-40-20-37(7-8-38(40)44(54)52(36)26-31)59-27-32-16-33(19-34(18-32)50(29-46(3,4)61-47)9-11-57-13-14-58-12-10-53)28-60-43-22-41-39(21-42(43)56-5)45(55)51-25-30(2)15-35(51)23-49-41/h6-8,16,18-23,35-36,48,53H,2,9-15,17,24-29,47H2,1,3-5H3/b31-6+/t35-,36-/m0/s1. The highest BCUT2D eigenvalue weighted by Crippen LogP contribution is 2.39. The van der Waals surface area contributed by atoms with E-state index in [-0.39, 0.29) is 55.1 Å². The van der Waals surface area contributed by atoms with E-state index in [1.165, 1.54) is 17.5 Å². The van der Waals surface area contributed by atoms with E-state index < -0.39 is 0 Å². The van der Waals surface area contributed by atoms with Gasteiger partial charge in [-0.05, 0) is 81.1 Å². The largest absolute Gasteiger partial charge is 0.493 e. The minimum atomic E-state index is -0.293. The second-order valence-electron chi connectivity index (χ2n) is 16.4. The molecule has 61 heavy (non-hydrogen) atoms. The molecule has 3 aromatic carbocycles. The highest BCUT2D eigenvalue weighted by Gasteiger charge is 2.36. The summed E-state index contributed by atoms with van der Waals surface area (Å²) in [4.78, 5) is 37.9. The molecule has 2 saturated heterocycles. The summed E-state index contributed by atoms with van der Waals surface area (Å²) in [6, 6.07) is 15.3. The van der Waals surface area contributed by atoms with Gasteiger partial charge in [-0.25, -0.2) is 0 Å². The number of fused-ring (bicyclic) bond motifs is 4. The number of aliphatic imine (C=N–C) groups is 1. The third-order valence-corrected chi connectivity index (χ3v) is 12.2. The molecule has 4 N–H and O–H groups in total. The van der Waals surface area contributed by atoms with Gasteiger partial charge in [0.2, 0.25) is 0 Å². The number of allylic oxidation sites excluding steroid dienone is 1. The van der Waals surface area contributed by atoms with Crippen LogP contribution in [0.2, 0.25) is 0 Å². The SMILES string of the molecule is C=C1C[C@H]2C=Nc3cc(OCc4cc(COc5ccc6c(c5)NC[C@@H]5C/C(=C\C)CN5C6=O)cc(N(CCOCCOCCO)CC(C)(C)SN)c4)c(OC)cc3C(=O)N2C1. The number of nitrogens with two attached hydrogens (primary N) is 1. The van der Waals surface area contributed by atoms with E-state index in [1.807, 2.05) is 36.2 Å². The molecule has 2 amide bonds. The monoisotopic (exact) mass is 854 g/mol. The highest BCUT2D eigenvalue weighted by molar-refractivity contribution is 7.98. The molecule has 0 aliphatic carbocycles. The molecule has 2 atom stereocenters. The van der Waals surface area contributed by atoms with Gasteiger partial charge in [-0.2, -0.15) is 0 Å². The number of anilines is 2. The third kappa shape index (κ3) is 10.5. The van der Waals surface area contributed by atoms with Crippen LogP contribution in [-0.4, -0.2) is 123 Å². The van der Waals surface area contributed by atoms with Crippen LogP contribution < -0.4 is 29.6 Å². The maximum absolute atomic E-state index is 13.6. The highest BCUT2D eigenvalue weighted by atomic mass is 32.2. The summed E-state index contributed by atoms with van der Waals surface area (Å²) >= 11 is 1.30. The molecule has 0 spiro atoms. The Kier molecular flexibility index (Phi) is 14.3. The van der Waals surface area contributed by atoms with Crippen molar-refractivity contribution in [1.29, 1.82) is 0 Å². The van der Waals surface area contributed by atoms with Crippen molar-refractivity contribution in [1.82, 2.24) is 9.80 Å². The molecule has 2 fully saturated rings. The van der Waals surface area contributed by atoms with E-state index in [1.54, 1.807) is 24.1 Å². The lowest BCUT2D eigenvalue weighted by atomic mass is 10.1. The summed E-state index contributed by atoms with van der Waals surface area (Å²) < 4.78 is 29.7. The number of nitrogens with zero attached hydrogens (tertiary/aromatic N) is 4. The predicted octanol–water partition coefficient (Wildman–Crippen LogP) is 6.14. The van der Waals surface area contributed by atoms with Crippen LogP contribution in [0.4, 0.5) is 17.1 Å². The first kappa shape index (κ1) is 44.0. The smallest absolute Gasteiger partial charge is 0.257 e. The summed E-state index contributed by atoms with van der Waals surface area (Å²) in [5.74, 6) is 1.45. The molecule has 0 unspecified atom stereocenters. The zero-order valence-electron chi connectivity index (χ0n) is 35.6. The van der Waals surface area contributed by atoms with Gasteiger partial charge in [0.1, 0.15) is 19.0 Å². The molecule has 0 bridgehead atoms. The number of hydrogen-bond acceptors (Lipinski definition) is 13. The van der Waals surface area contributed by atoms with Crippen molar-refractivity contribution >= 4 is 47.0 Å². The maximum Gasteiger partial charge on any atom is 0.257 e. The molecule has 326 valence electrons. The summed E-state index contributed by atoms with van der Waals surface area (Å²) in [6.07, 6.45) is 5.49. The van der Waals surface area contributed by atoms with Gasteiger partial charge in [0.05, 0.1) is 74.7 Å². The summed E-state index contributed by atoms with van der Waals surface area (Å²) in [7, 11) is 1.56. The molecule has 0 radical (unpaired) electrons. The average Bonchev–Trinajstić information content (AvgIpc) is 3.80. The van der Waals surface area contributed by atoms with E-state index >= 15 is 0 Å². The van der Waals surface area contributed by atoms with Crippen molar-refractivity contribution in [3.8, 4) is 17.2 Å². The number of hydrogen-bond donors (Lipinski definition) is 3. The molecule has 14 nitrogen and oxygen atoms in total. The fourth-order valence-corrected chi connectivity index (χ4v) is 8.40. The fraction of sp³-hybridized carbons (Fsp3) is 0.457. The van der Waals surface area contributed by atoms with E-state index in [0.29, 0.717) is 93.0 Å². The van der Waals surface area contributed by atoms with Gasteiger partial charge in [0.15, 0.2) is 11.5 Å². The van der Waals surface area contributed by atoms with Crippen LogP contribution in [0.3, 0.4) is 0 Å². The minimum absolute atomic E-state index is 0.0298. The number of amides is 2. The van der Waals surface area contributed by atoms with E-state index in [9.17, 15) is 9.59 Å². The molecule has 7 rings (SSSR count). The van der Waals surface area contributed by atoms with Crippen LogP contribution in [0.25, 0.3) is 0 Å². The lowest BCUT2D eigenvalue weighted by Gasteiger charge is -2.33. The Labute approximate surface area is 362 Å². The van der Waals surface area contributed by atoms with Crippen molar-refractivity contribution in [2.24, 2.45) is 10.1 Å². The summed E-state index contributed by atoms with van der Waals surface area (Å²) in [6.45, 7) is 15.2. The number of aliphatic hydroxyl groups is 1. The predicted molar refractivity (Wildman–Crippen MR) is 240 cm³/mol. The minimum Gasteiger partial charge on any atom is -0.493 e. The summed E-state index contributed by atoms with van der Waals surface area (Å²) in [5, 5.41) is 18.7. The molecule has 4 aliphatic heterocycles. The molecule has 0 saturated carbocycles. The zero-order chi connectivity index (χ0) is 43.1. The zero-order valence-corrected chi connectivity index (χ0v) is 36.4. The Hall–Kier alpha value is -5.06. The lowest BCUT2D eigenvalue weighted by Crippen LogP contribution is -2.39. The fourth-order valence-electron chi connectivity index (χ4n) is 8.17. The number of aliphatic hydroxyl groups excluding tert-OH is 1. The Morgan fingerprint density at radius 3 is 2.44 bits per heavy atom. The van der Waals surface area contributed by atoms with Crippen LogP contribution in [0.15, 0.2) is 77.3 Å². The van der Waals surface area contributed by atoms with Crippen molar-refractivity contribution in [3.05, 3.63) is 94.6 Å². The number of carbonyl (C=O) groups excluding carboxylic acids is 2. The average molecular weight is 855 g/mol. The van der Waals surface area contributed by atoms with Crippen molar-refractivity contribution in [2.45, 2.75) is 63.7 Å². The molecule has 4 heterocycles. The molecular weight excluding hydrogens is 797 g/mol. The van der Waals surface area contributed by atoms with E-state index in [4.69, 9.17) is 38.9 Å². The summed E-state index contributed by atoms with van der Waals surface area (Å²) in [5.41, 5.74) is 7.39. The van der Waals surface area contributed by atoms with Crippen LogP contribution >= 0.6 is 11.9 Å². The van der Waals surface area contributed by atoms with E-state index in [2.05, 4.69) is 54.9 Å². The second-order valence-corrected chi connectivity index (χ2v) is 17.8. The second kappa shape index (κ2) is 19.8. The number of benzene rings is 3. The van der Waals surface area contributed by atoms with Gasteiger partial charge in [0.25, 0.3) is 11.8 Å². The maximum atomic E-state index is 13.6. The first-order chi connectivity index (χ1) is 29.5. The molecule has 15 heteroatoms. The number of methoxy groups -OCH3 is 1. The third-order valence-electron chi connectivity index (χ3n) is 11.4. The van der Waals surface area contributed by atoms with Crippen LogP contribution in [-0.2, 0) is 22.7 Å². The Bertz CT molecular complexity index is 2160. The van der Waals surface area contributed by atoms with Crippen LogP contribution in [0.1, 0.15) is 65.5 Å². The van der Waals surface area contributed by atoms with Crippen LogP contribution in [0.5, 0.6) is 17.2 Å². The molecule has 0 aromatic heterocycles. The van der Waals surface area contributed by atoms with Gasteiger partial charge in [-0.3, -0.25) is 19.7 Å². The quantitative estimate of drug-likeness (QED) is 0.0719. The number of nitrogens with one attached hydrogen (secondary N) is 1.